The normalized spacial score (nSPS) is 15.4. The van der Waals surface area contributed by atoms with Gasteiger partial charge in [-0.05, 0) is 87.9 Å². The van der Waals surface area contributed by atoms with Gasteiger partial charge in [-0.2, -0.15) is 0 Å². The minimum absolute atomic E-state index is 0. The fourth-order valence-electron chi connectivity index (χ4n) is 7.52. The van der Waals surface area contributed by atoms with Crippen molar-refractivity contribution in [3.63, 3.8) is 0 Å². The number of esters is 2. The van der Waals surface area contributed by atoms with Crippen molar-refractivity contribution in [1.82, 2.24) is 24.8 Å². The van der Waals surface area contributed by atoms with Crippen LogP contribution in [0, 0.1) is 0 Å². The standard InChI is InChI=1S/C45H35N6O4S.Mn/c1-50-23-5-6-38(50)41-34-19-15-30(46-34)39(26-7-11-28(12-8-26)44(52)54-3)32-17-21-36(48-32)42(43-51(2)24-25-56-43)37-22-18-33(49-37)40(31-16-20-35(41)47-31)27-9-13-29(14-10-27)45(53)55-4;/h5,7-25,43H,6H2,1-4H3;/q-1;+3. The van der Waals surface area contributed by atoms with E-state index in [4.69, 9.17) is 29.4 Å². The average Bonchev–Trinajstić information content (AvgIpc) is 4.09. The summed E-state index contributed by atoms with van der Waals surface area (Å²) in [7, 11) is 6.84. The summed E-state index contributed by atoms with van der Waals surface area (Å²) in [6, 6.07) is 22.9. The number of allylic oxidation sites excluding steroid dienone is 1. The number of carbonyl (C=O) groups is 2. The van der Waals surface area contributed by atoms with E-state index in [0.29, 0.717) is 11.1 Å². The Morgan fingerprint density at radius 2 is 1.18 bits per heavy atom. The largest absolute Gasteiger partial charge is 3.00 e. The third kappa shape index (κ3) is 6.75. The maximum absolute atomic E-state index is 12.4. The molecule has 0 fully saturated rings. The molecule has 9 rings (SSSR count). The zero-order valence-electron chi connectivity index (χ0n) is 31.4. The third-order valence-corrected chi connectivity index (χ3v) is 11.4. The SMILES string of the molecule is COC(=O)c1ccc(-c2c3nc(c(C4SC=CN4C)c4ccc([n-]4)c(-c4ccc(C(=O)OC)cc4)c4nc(c(C5=[N+](C)C=CC5)c5ccc2[n-]5)C=C4)C=C3)cc1.[Mn+3]. The van der Waals surface area contributed by atoms with E-state index in [1.807, 2.05) is 79.9 Å². The summed E-state index contributed by atoms with van der Waals surface area (Å²) in [5.41, 5.74) is 13.3. The number of aromatic nitrogens is 4. The molecule has 12 heteroatoms. The molecular formula is C45H35MnN6O4S+2. The number of nitrogens with zero attached hydrogens (tertiary/aromatic N) is 6. The molecule has 0 aliphatic carbocycles. The van der Waals surface area contributed by atoms with Crippen LogP contribution >= 0.6 is 11.8 Å². The van der Waals surface area contributed by atoms with Gasteiger partial charge in [0.25, 0.3) is 0 Å². The van der Waals surface area contributed by atoms with Crippen molar-refractivity contribution < 1.29 is 40.7 Å². The second-order valence-corrected chi connectivity index (χ2v) is 14.6. The Kier molecular flexibility index (Phi) is 10.2. The second-order valence-electron chi connectivity index (χ2n) is 13.6. The minimum atomic E-state index is -0.402. The van der Waals surface area contributed by atoms with E-state index in [9.17, 15) is 9.59 Å². The number of rotatable bonds is 6. The van der Waals surface area contributed by atoms with E-state index < -0.39 is 11.9 Å². The molecule has 1 atom stereocenters. The van der Waals surface area contributed by atoms with Crippen molar-refractivity contribution in [2.75, 3.05) is 28.3 Å². The molecule has 2 aromatic carbocycles. The molecule has 4 aliphatic heterocycles. The molecule has 0 spiro atoms. The van der Waals surface area contributed by atoms with Gasteiger partial charge < -0.3 is 24.3 Å². The summed E-state index contributed by atoms with van der Waals surface area (Å²) < 4.78 is 12.1. The maximum Gasteiger partial charge on any atom is 3.00 e. The van der Waals surface area contributed by atoms with Crippen LogP contribution in [0.5, 0.6) is 0 Å². The molecule has 10 nitrogen and oxygen atoms in total. The van der Waals surface area contributed by atoms with Crippen molar-refractivity contribution in [1.29, 1.82) is 0 Å². The summed E-state index contributed by atoms with van der Waals surface area (Å²) in [6.45, 7) is 0. The predicted octanol–water partition coefficient (Wildman–Crippen LogP) is 8.32. The van der Waals surface area contributed by atoms with Crippen LogP contribution in [-0.2, 0) is 26.5 Å². The van der Waals surface area contributed by atoms with Gasteiger partial charge in [0.2, 0.25) is 0 Å². The van der Waals surface area contributed by atoms with Crippen LogP contribution in [0.4, 0.5) is 0 Å². The van der Waals surface area contributed by atoms with Crippen molar-refractivity contribution in [3.05, 3.63) is 142 Å². The van der Waals surface area contributed by atoms with E-state index in [1.54, 1.807) is 36.0 Å². The number of hydrogen-bond acceptors (Lipinski definition) is 8. The number of methoxy groups -OCH3 is 2. The smallest absolute Gasteiger partial charge is 0.657 e. The predicted molar refractivity (Wildman–Crippen MR) is 222 cm³/mol. The van der Waals surface area contributed by atoms with Crippen LogP contribution < -0.4 is 9.97 Å². The van der Waals surface area contributed by atoms with Crippen LogP contribution in [0.25, 0.3) is 68.6 Å². The van der Waals surface area contributed by atoms with E-state index in [2.05, 4.69) is 40.4 Å². The molecule has 8 bridgehead atoms. The molecule has 0 radical (unpaired) electrons. The molecule has 0 amide bonds. The Labute approximate surface area is 343 Å². The Balaban J connectivity index is 0.00000455. The van der Waals surface area contributed by atoms with Crippen molar-refractivity contribution in [2.24, 2.45) is 0 Å². The fourth-order valence-corrected chi connectivity index (χ4v) is 8.57. The van der Waals surface area contributed by atoms with Crippen LogP contribution in [0.1, 0.15) is 66.4 Å². The van der Waals surface area contributed by atoms with Crippen LogP contribution in [0.2, 0.25) is 0 Å². The van der Waals surface area contributed by atoms with Gasteiger partial charge in [-0.15, -0.1) is 33.8 Å². The number of ether oxygens (including phenoxy) is 2. The topological polar surface area (TPSA) is 113 Å². The molecule has 3 aromatic heterocycles. The van der Waals surface area contributed by atoms with Gasteiger partial charge in [-0.25, -0.2) is 24.1 Å². The van der Waals surface area contributed by atoms with E-state index in [1.165, 1.54) is 14.2 Å². The van der Waals surface area contributed by atoms with Crippen molar-refractivity contribution >= 4 is 75.8 Å². The van der Waals surface area contributed by atoms with Gasteiger partial charge in [0, 0.05) is 13.2 Å². The molecule has 4 aliphatic rings. The summed E-state index contributed by atoms with van der Waals surface area (Å²) in [5.74, 6) is -0.805. The van der Waals surface area contributed by atoms with Crippen molar-refractivity contribution in [3.8, 4) is 22.3 Å². The van der Waals surface area contributed by atoms with Gasteiger partial charge in [0.1, 0.15) is 12.4 Å². The molecule has 0 N–H and O–H groups in total. The molecule has 1 unspecified atom stereocenters. The molecule has 0 saturated carbocycles. The second kappa shape index (κ2) is 15.4. The summed E-state index contributed by atoms with van der Waals surface area (Å²) in [4.78, 5) is 48.2. The van der Waals surface area contributed by atoms with E-state index >= 15 is 0 Å². The molecule has 280 valence electrons. The van der Waals surface area contributed by atoms with Gasteiger partial charge >= 0.3 is 29.0 Å². The van der Waals surface area contributed by atoms with Crippen molar-refractivity contribution in [2.45, 2.75) is 11.8 Å². The molecule has 5 aromatic rings. The van der Waals surface area contributed by atoms with E-state index in [0.717, 1.165) is 90.4 Å². The first kappa shape index (κ1) is 37.7. The fraction of sp³-hybridized carbons (Fsp3) is 0.133. The number of fused-ring (bicyclic) bond motifs is 8. The first-order chi connectivity index (χ1) is 27.3. The van der Waals surface area contributed by atoms with Crippen LogP contribution in [-0.4, -0.2) is 65.4 Å². The van der Waals surface area contributed by atoms with Gasteiger partial charge in [0.15, 0.2) is 11.9 Å². The number of thioether (sulfide) groups is 1. The zero-order valence-corrected chi connectivity index (χ0v) is 33.4. The van der Waals surface area contributed by atoms with Gasteiger partial charge in [0.05, 0.1) is 60.1 Å². The maximum atomic E-state index is 12.4. The zero-order chi connectivity index (χ0) is 38.5. The first-order valence-corrected chi connectivity index (χ1v) is 19.0. The molecular weight excluding hydrogens is 776 g/mol. The Morgan fingerprint density at radius 1 is 0.702 bits per heavy atom. The first-order valence-electron chi connectivity index (χ1n) is 18.0. The monoisotopic (exact) mass is 810 g/mol. The summed E-state index contributed by atoms with van der Waals surface area (Å²) >= 11 is 1.69. The summed E-state index contributed by atoms with van der Waals surface area (Å²) in [5, 5.41) is 2.00. The third-order valence-electron chi connectivity index (χ3n) is 10.3. The Morgan fingerprint density at radius 3 is 1.67 bits per heavy atom. The molecule has 7 heterocycles. The van der Waals surface area contributed by atoms with E-state index in [-0.39, 0.29) is 22.4 Å². The Hall–Kier alpha value is -6.20. The van der Waals surface area contributed by atoms with Gasteiger partial charge in [-0.1, -0.05) is 48.5 Å². The summed E-state index contributed by atoms with van der Waals surface area (Å²) in [6.07, 6.45) is 15.1. The van der Waals surface area contributed by atoms with Crippen LogP contribution in [0.15, 0.2) is 96.7 Å². The average molecular weight is 811 g/mol. The quantitative estimate of drug-likeness (QED) is 0.0924. The minimum Gasteiger partial charge on any atom is -0.657 e. The Bertz CT molecular complexity index is 2740. The molecule has 57 heavy (non-hydrogen) atoms. The number of hydrogen-bond donors (Lipinski definition) is 0. The number of carbonyl (C=O) groups excluding carboxylic acids is 2. The molecule has 0 saturated heterocycles. The number of benzene rings is 2. The van der Waals surface area contributed by atoms with Crippen LogP contribution in [0.3, 0.4) is 0 Å². The van der Waals surface area contributed by atoms with Gasteiger partial charge in [-0.3, -0.25) is 0 Å².